The number of piperidine rings is 1. The summed E-state index contributed by atoms with van der Waals surface area (Å²) in [5, 5.41) is 0. The first-order valence-corrected chi connectivity index (χ1v) is 8.36. The zero-order valence-electron chi connectivity index (χ0n) is 13.5. The lowest BCUT2D eigenvalue weighted by molar-refractivity contribution is -0.151. The molecule has 0 aliphatic carbocycles. The number of rotatable bonds is 4. The van der Waals surface area contributed by atoms with E-state index in [4.69, 9.17) is 9.47 Å². The molecule has 23 heavy (non-hydrogen) atoms. The Morgan fingerprint density at radius 3 is 2.83 bits per heavy atom. The minimum atomic E-state index is -0.127. The molecule has 0 radical (unpaired) electrons. The van der Waals surface area contributed by atoms with E-state index in [1.54, 1.807) is 0 Å². The van der Waals surface area contributed by atoms with Crippen molar-refractivity contribution in [3.63, 3.8) is 0 Å². The van der Waals surface area contributed by atoms with Gasteiger partial charge in [-0.15, -0.1) is 0 Å². The van der Waals surface area contributed by atoms with Crippen LogP contribution >= 0.6 is 0 Å². The standard InChI is InChI=1S/C18H23NO4/c1-2-22-18(21)14-5-8-19(9-6-14)17(20)12-13-3-4-16-15(11-13)7-10-23-16/h3-4,11,14H,2,5-10,12H2,1H3. The van der Waals surface area contributed by atoms with Crippen LogP contribution in [0.3, 0.4) is 0 Å². The molecule has 0 bridgehead atoms. The SMILES string of the molecule is CCOC(=O)C1CCN(C(=O)Cc2ccc3c(c2)CCO3)CC1. The second-order valence-electron chi connectivity index (χ2n) is 6.12. The Hall–Kier alpha value is -2.04. The van der Waals surface area contributed by atoms with E-state index in [1.807, 2.05) is 24.0 Å². The Morgan fingerprint density at radius 1 is 1.30 bits per heavy atom. The highest BCUT2D eigenvalue weighted by Gasteiger charge is 2.28. The average molecular weight is 317 g/mol. The lowest BCUT2D eigenvalue weighted by Crippen LogP contribution is -2.41. The first-order valence-electron chi connectivity index (χ1n) is 8.36. The number of nitrogens with zero attached hydrogens (tertiary/aromatic N) is 1. The zero-order valence-corrected chi connectivity index (χ0v) is 13.5. The minimum absolute atomic E-state index is 0.0591. The summed E-state index contributed by atoms with van der Waals surface area (Å²) >= 11 is 0. The molecule has 1 saturated heterocycles. The van der Waals surface area contributed by atoms with E-state index in [9.17, 15) is 9.59 Å². The molecule has 1 aromatic carbocycles. The minimum Gasteiger partial charge on any atom is -0.493 e. The van der Waals surface area contributed by atoms with Crippen LogP contribution in [0.25, 0.3) is 0 Å². The molecule has 1 amide bonds. The number of hydrogen-bond acceptors (Lipinski definition) is 4. The second-order valence-corrected chi connectivity index (χ2v) is 6.12. The molecular formula is C18H23NO4. The second kappa shape index (κ2) is 7.02. The van der Waals surface area contributed by atoms with Gasteiger partial charge in [-0.1, -0.05) is 12.1 Å². The number of esters is 1. The van der Waals surface area contributed by atoms with Gasteiger partial charge in [0.15, 0.2) is 0 Å². The molecule has 0 aromatic heterocycles. The van der Waals surface area contributed by atoms with Gasteiger partial charge in [0.25, 0.3) is 0 Å². The largest absolute Gasteiger partial charge is 0.493 e. The van der Waals surface area contributed by atoms with Crippen LogP contribution in [0, 0.1) is 5.92 Å². The van der Waals surface area contributed by atoms with E-state index in [0.717, 1.165) is 24.3 Å². The predicted octanol–water partition coefficient (Wildman–Crippen LogP) is 1.97. The van der Waals surface area contributed by atoms with E-state index < -0.39 is 0 Å². The van der Waals surface area contributed by atoms with Crippen molar-refractivity contribution >= 4 is 11.9 Å². The number of likely N-dealkylation sites (tertiary alicyclic amines) is 1. The quantitative estimate of drug-likeness (QED) is 0.797. The normalized spacial score (nSPS) is 17.5. The van der Waals surface area contributed by atoms with Crippen molar-refractivity contribution in [2.75, 3.05) is 26.3 Å². The van der Waals surface area contributed by atoms with Crippen LogP contribution in [-0.4, -0.2) is 43.1 Å². The van der Waals surface area contributed by atoms with Crippen LogP contribution in [0.2, 0.25) is 0 Å². The highest BCUT2D eigenvalue weighted by Crippen LogP contribution is 2.26. The van der Waals surface area contributed by atoms with Crippen molar-refractivity contribution in [2.45, 2.75) is 32.6 Å². The summed E-state index contributed by atoms with van der Waals surface area (Å²) < 4.78 is 10.6. The lowest BCUT2D eigenvalue weighted by atomic mass is 9.96. The molecule has 2 heterocycles. The molecule has 2 aliphatic rings. The maximum absolute atomic E-state index is 12.4. The summed E-state index contributed by atoms with van der Waals surface area (Å²) in [5.41, 5.74) is 2.23. The van der Waals surface area contributed by atoms with Crippen LogP contribution in [-0.2, 0) is 27.2 Å². The van der Waals surface area contributed by atoms with Crippen LogP contribution in [0.15, 0.2) is 18.2 Å². The Morgan fingerprint density at radius 2 is 2.09 bits per heavy atom. The number of ether oxygens (including phenoxy) is 2. The van der Waals surface area contributed by atoms with Gasteiger partial charge in [-0.05, 0) is 37.0 Å². The fraction of sp³-hybridized carbons (Fsp3) is 0.556. The van der Waals surface area contributed by atoms with Gasteiger partial charge in [0.2, 0.25) is 5.91 Å². The van der Waals surface area contributed by atoms with Crippen LogP contribution in [0.4, 0.5) is 0 Å². The average Bonchev–Trinajstić information content (AvgIpc) is 3.03. The van der Waals surface area contributed by atoms with Gasteiger partial charge in [-0.2, -0.15) is 0 Å². The third-order valence-corrected chi connectivity index (χ3v) is 4.58. The highest BCUT2D eigenvalue weighted by atomic mass is 16.5. The third-order valence-electron chi connectivity index (χ3n) is 4.58. The molecule has 5 nitrogen and oxygen atoms in total. The van der Waals surface area contributed by atoms with Gasteiger partial charge in [0.05, 0.1) is 25.6 Å². The third kappa shape index (κ3) is 3.66. The van der Waals surface area contributed by atoms with Gasteiger partial charge in [0.1, 0.15) is 5.75 Å². The van der Waals surface area contributed by atoms with Crippen molar-refractivity contribution in [3.8, 4) is 5.75 Å². The van der Waals surface area contributed by atoms with E-state index in [-0.39, 0.29) is 17.8 Å². The van der Waals surface area contributed by atoms with Gasteiger partial charge < -0.3 is 14.4 Å². The predicted molar refractivity (Wildman–Crippen MR) is 85.3 cm³/mol. The lowest BCUT2D eigenvalue weighted by Gasteiger charge is -2.31. The van der Waals surface area contributed by atoms with Crippen molar-refractivity contribution in [1.29, 1.82) is 0 Å². The maximum atomic E-state index is 12.4. The number of carbonyl (C=O) groups excluding carboxylic acids is 2. The van der Waals surface area contributed by atoms with Gasteiger partial charge >= 0.3 is 5.97 Å². The topological polar surface area (TPSA) is 55.8 Å². The summed E-state index contributed by atoms with van der Waals surface area (Å²) in [6.45, 7) is 4.24. The number of benzene rings is 1. The van der Waals surface area contributed by atoms with E-state index in [1.165, 1.54) is 5.56 Å². The molecule has 5 heteroatoms. The van der Waals surface area contributed by atoms with Crippen molar-refractivity contribution in [2.24, 2.45) is 5.92 Å². The molecule has 1 fully saturated rings. The molecule has 0 N–H and O–H groups in total. The van der Waals surface area contributed by atoms with Crippen molar-refractivity contribution in [3.05, 3.63) is 29.3 Å². The Labute approximate surface area is 136 Å². The van der Waals surface area contributed by atoms with Crippen LogP contribution < -0.4 is 4.74 Å². The number of carbonyl (C=O) groups is 2. The monoisotopic (exact) mass is 317 g/mol. The molecule has 2 aliphatic heterocycles. The summed E-state index contributed by atoms with van der Waals surface area (Å²) in [5.74, 6) is 0.886. The molecule has 0 spiro atoms. The molecular weight excluding hydrogens is 294 g/mol. The fourth-order valence-corrected chi connectivity index (χ4v) is 3.26. The fourth-order valence-electron chi connectivity index (χ4n) is 3.26. The van der Waals surface area contributed by atoms with Gasteiger partial charge in [0, 0.05) is 19.5 Å². The highest BCUT2D eigenvalue weighted by molar-refractivity contribution is 5.79. The molecule has 0 unspecified atom stereocenters. The molecule has 3 rings (SSSR count). The summed E-state index contributed by atoms with van der Waals surface area (Å²) in [4.78, 5) is 26.0. The van der Waals surface area contributed by atoms with Crippen LogP contribution in [0.5, 0.6) is 5.75 Å². The summed E-state index contributed by atoms with van der Waals surface area (Å²) in [7, 11) is 0. The molecule has 124 valence electrons. The van der Waals surface area contributed by atoms with Crippen LogP contribution in [0.1, 0.15) is 30.9 Å². The van der Waals surface area contributed by atoms with E-state index >= 15 is 0 Å². The van der Waals surface area contributed by atoms with E-state index in [0.29, 0.717) is 39.0 Å². The summed E-state index contributed by atoms with van der Waals surface area (Å²) in [6.07, 6.45) is 2.73. The van der Waals surface area contributed by atoms with Crippen molar-refractivity contribution in [1.82, 2.24) is 4.90 Å². The van der Waals surface area contributed by atoms with Crippen molar-refractivity contribution < 1.29 is 19.1 Å². The number of amides is 1. The molecule has 0 saturated carbocycles. The van der Waals surface area contributed by atoms with Gasteiger partial charge in [-0.3, -0.25) is 9.59 Å². The van der Waals surface area contributed by atoms with E-state index in [2.05, 4.69) is 6.07 Å². The summed E-state index contributed by atoms with van der Waals surface area (Å²) in [6, 6.07) is 6.00. The molecule has 0 atom stereocenters. The smallest absolute Gasteiger partial charge is 0.309 e. The first kappa shape index (κ1) is 15.8. The Balaban J connectivity index is 1.53. The maximum Gasteiger partial charge on any atom is 0.309 e. The molecule has 1 aromatic rings. The van der Waals surface area contributed by atoms with Gasteiger partial charge in [-0.25, -0.2) is 0 Å². The number of fused-ring (bicyclic) bond motifs is 1. The Bertz CT molecular complexity index is 591. The zero-order chi connectivity index (χ0) is 16.2. The Kier molecular flexibility index (Phi) is 4.84. The first-order chi connectivity index (χ1) is 11.2. The number of hydrogen-bond donors (Lipinski definition) is 0.